The van der Waals surface area contributed by atoms with E-state index in [-0.39, 0.29) is 30.5 Å². The first-order valence-corrected chi connectivity index (χ1v) is 8.80. The number of nitrogens with one attached hydrogen (secondary N) is 1. The SMILES string of the molecule is COC(=O)CCN(C(=O)NC1CCCCC1)C(C)c1ccccc1. The predicted octanol–water partition coefficient (Wildman–Crippen LogP) is 3.66. The summed E-state index contributed by atoms with van der Waals surface area (Å²) in [5.74, 6) is -0.300. The Morgan fingerprint density at radius 1 is 1.21 bits per heavy atom. The Balaban J connectivity index is 2.05. The quantitative estimate of drug-likeness (QED) is 0.809. The van der Waals surface area contributed by atoms with Gasteiger partial charge in [-0.05, 0) is 25.3 Å². The van der Waals surface area contributed by atoms with Crippen molar-refractivity contribution in [2.45, 2.75) is 57.5 Å². The molecule has 1 fully saturated rings. The zero-order valence-electron chi connectivity index (χ0n) is 14.7. The van der Waals surface area contributed by atoms with Gasteiger partial charge in [-0.2, -0.15) is 0 Å². The summed E-state index contributed by atoms with van der Waals surface area (Å²) in [5, 5.41) is 3.15. The minimum Gasteiger partial charge on any atom is -0.469 e. The van der Waals surface area contributed by atoms with Crippen LogP contribution in [0.5, 0.6) is 0 Å². The third kappa shape index (κ3) is 5.25. The minimum absolute atomic E-state index is 0.0952. The normalized spacial score (nSPS) is 16.2. The number of nitrogens with zero attached hydrogens (tertiary/aromatic N) is 1. The molecule has 1 aliphatic rings. The van der Waals surface area contributed by atoms with E-state index in [9.17, 15) is 9.59 Å². The van der Waals surface area contributed by atoms with Crippen LogP contribution in [0.4, 0.5) is 4.79 Å². The molecule has 1 aromatic carbocycles. The van der Waals surface area contributed by atoms with Gasteiger partial charge in [0.25, 0.3) is 0 Å². The largest absolute Gasteiger partial charge is 0.469 e. The Hall–Kier alpha value is -2.04. The molecule has 132 valence electrons. The summed E-state index contributed by atoms with van der Waals surface area (Å²) < 4.78 is 4.72. The van der Waals surface area contributed by atoms with Gasteiger partial charge in [-0.3, -0.25) is 4.79 Å². The van der Waals surface area contributed by atoms with Crippen molar-refractivity contribution in [2.24, 2.45) is 0 Å². The fourth-order valence-electron chi connectivity index (χ4n) is 3.20. The number of amides is 2. The van der Waals surface area contributed by atoms with Crippen molar-refractivity contribution in [3.05, 3.63) is 35.9 Å². The fraction of sp³-hybridized carbons (Fsp3) is 0.579. The van der Waals surface area contributed by atoms with E-state index in [0.717, 1.165) is 18.4 Å². The summed E-state index contributed by atoms with van der Waals surface area (Å²) in [6, 6.07) is 9.94. The molecule has 1 atom stereocenters. The minimum atomic E-state index is -0.300. The molecule has 5 nitrogen and oxygen atoms in total. The monoisotopic (exact) mass is 332 g/mol. The van der Waals surface area contributed by atoms with Gasteiger partial charge < -0.3 is 15.0 Å². The number of carbonyl (C=O) groups is 2. The molecule has 0 aliphatic heterocycles. The van der Waals surface area contributed by atoms with Gasteiger partial charge in [0.15, 0.2) is 0 Å². The summed E-state index contributed by atoms with van der Waals surface area (Å²) in [4.78, 5) is 26.0. The van der Waals surface area contributed by atoms with Crippen molar-refractivity contribution in [1.82, 2.24) is 10.2 Å². The van der Waals surface area contributed by atoms with Gasteiger partial charge in [0.2, 0.25) is 0 Å². The lowest BCUT2D eigenvalue weighted by molar-refractivity contribution is -0.140. The third-order valence-electron chi connectivity index (χ3n) is 4.73. The van der Waals surface area contributed by atoms with Crippen LogP contribution in [0.3, 0.4) is 0 Å². The lowest BCUT2D eigenvalue weighted by atomic mass is 9.95. The van der Waals surface area contributed by atoms with Gasteiger partial charge in [-0.25, -0.2) is 4.79 Å². The van der Waals surface area contributed by atoms with Crippen LogP contribution in [0.25, 0.3) is 0 Å². The first kappa shape index (κ1) is 18.3. The number of benzene rings is 1. The van der Waals surface area contributed by atoms with E-state index in [1.807, 2.05) is 37.3 Å². The molecule has 0 spiro atoms. The van der Waals surface area contributed by atoms with E-state index < -0.39 is 0 Å². The molecule has 1 unspecified atom stereocenters. The topological polar surface area (TPSA) is 58.6 Å². The molecular formula is C19H28N2O3. The van der Waals surface area contributed by atoms with Crippen LogP contribution in [0, 0.1) is 0 Å². The maximum Gasteiger partial charge on any atom is 0.318 e. The second-order valence-corrected chi connectivity index (χ2v) is 6.39. The number of hydrogen-bond donors (Lipinski definition) is 1. The molecule has 24 heavy (non-hydrogen) atoms. The van der Waals surface area contributed by atoms with E-state index in [0.29, 0.717) is 6.54 Å². The lowest BCUT2D eigenvalue weighted by Crippen LogP contribution is -2.47. The molecule has 1 N–H and O–H groups in total. The van der Waals surface area contributed by atoms with Crippen molar-refractivity contribution in [3.63, 3.8) is 0 Å². The Bertz CT molecular complexity index is 527. The molecule has 1 saturated carbocycles. The molecule has 0 heterocycles. The molecule has 2 rings (SSSR count). The highest BCUT2D eigenvalue weighted by molar-refractivity contribution is 5.76. The van der Waals surface area contributed by atoms with Crippen LogP contribution in [0.15, 0.2) is 30.3 Å². The number of rotatable bonds is 6. The smallest absolute Gasteiger partial charge is 0.318 e. The summed E-state index contributed by atoms with van der Waals surface area (Å²) in [6.45, 7) is 2.34. The van der Waals surface area contributed by atoms with Crippen LogP contribution in [-0.4, -0.2) is 36.6 Å². The Labute approximate surface area is 144 Å². The molecule has 1 aromatic rings. The third-order valence-corrected chi connectivity index (χ3v) is 4.73. The molecule has 1 aliphatic carbocycles. The fourth-order valence-corrected chi connectivity index (χ4v) is 3.20. The molecule has 2 amide bonds. The maximum absolute atomic E-state index is 12.8. The first-order valence-electron chi connectivity index (χ1n) is 8.80. The number of hydrogen-bond acceptors (Lipinski definition) is 3. The van der Waals surface area contributed by atoms with Crippen molar-refractivity contribution in [1.29, 1.82) is 0 Å². The highest BCUT2D eigenvalue weighted by Crippen LogP contribution is 2.22. The highest BCUT2D eigenvalue weighted by Gasteiger charge is 2.25. The second kappa shape index (κ2) is 9.30. The average Bonchev–Trinajstić information content (AvgIpc) is 2.63. The number of carbonyl (C=O) groups excluding carboxylic acids is 2. The molecule has 0 saturated heterocycles. The van der Waals surface area contributed by atoms with Crippen LogP contribution in [0.1, 0.15) is 57.1 Å². The standard InChI is InChI=1S/C19H28N2O3/c1-15(16-9-5-3-6-10-16)21(14-13-18(22)24-2)19(23)20-17-11-7-4-8-12-17/h3,5-6,9-10,15,17H,4,7-8,11-14H2,1-2H3,(H,20,23). The predicted molar refractivity (Wildman–Crippen MR) is 93.6 cm³/mol. The number of methoxy groups -OCH3 is 1. The van der Waals surface area contributed by atoms with Crippen LogP contribution < -0.4 is 5.32 Å². The zero-order chi connectivity index (χ0) is 17.4. The number of urea groups is 1. The van der Waals surface area contributed by atoms with Gasteiger partial charge in [0, 0.05) is 12.6 Å². The van der Waals surface area contributed by atoms with Crippen molar-refractivity contribution < 1.29 is 14.3 Å². The van der Waals surface area contributed by atoms with Crippen molar-refractivity contribution >= 4 is 12.0 Å². The molecular weight excluding hydrogens is 304 g/mol. The van der Waals surface area contributed by atoms with Gasteiger partial charge in [-0.15, -0.1) is 0 Å². The molecule has 0 radical (unpaired) electrons. The molecule has 0 bridgehead atoms. The summed E-state index contributed by atoms with van der Waals surface area (Å²) in [5.41, 5.74) is 1.06. The van der Waals surface area contributed by atoms with E-state index in [1.54, 1.807) is 4.90 Å². The van der Waals surface area contributed by atoms with Crippen LogP contribution >= 0.6 is 0 Å². The summed E-state index contributed by atoms with van der Waals surface area (Å²) >= 11 is 0. The Kier molecular flexibility index (Phi) is 7.09. The van der Waals surface area contributed by atoms with Gasteiger partial charge in [0.1, 0.15) is 0 Å². The number of esters is 1. The average molecular weight is 332 g/mol. The highest BCUT2D eigenvalue weighted by atomic mass is 16.5. The lowest BCUT2D eigenvalue weighted by Gasteiger charge is -2.32. The van der Waals surface area contributed by atoms with Crippen molar-refractivity contribution in [3.8, 4) is 0 Å². The Morgan fingerprint density at radius 3 is 2.50 bits per heavy atom. The molecule has 5 heteroatoms. The van der Waals surface area contributed by atoms with Gasteiger partial charge in [0.05, 0.1) is 19.6 Å². The van der Waals surface area contributed by atoms with E-state index in [1.165, 1.54) is 26.4 Å². The van der Waals surface area contributed by atoms with Crippen LogP contribution in [0.2, 0.25) is 0 Å². The van der Waals surface area contributed by atoms with Gasteiger partial charge in [-0.1, -0.05) is 49.6 Å². The first-order chi connectivity index (χ1) is 11.6. The summed E-state index contributed by atoms with van der Waals surface area (Å²) in [6.07, 6.45) is 5.86. The second-order valence-electron chi connectivity index (χ2n) is 6.39. The molecule has 0 aromatic heterocycles. The van der Waals surface area contributed by atoms with E-state index in [4.69, 9.17) is 4.74 Å². The maximum atomic E-state index is 12.8. The van der Waals surface area contributed by atoms with E-state index in [2.05, 4.69) is 5.32 Å². The Morgan fingerprint density at radius 2 is 1.88 bits per heavy atom. The van der Waals surface area contributed by atoms with Gasteiger partial charge >= 0.3 is 12.0 Å². The van der Waals surface area contributed by atoms with Crippen molar-refractivity contribution in [2.75, 3.05) is 13.7 Å². The zero-order valence-corrected chi connectivity index (χ0v) is 14.7. The summed E-state index contributed by atoms with van der Waals surface area (Å²) in [7, 11) is 1.37. The van der Waals surface area contributed by atoms with Crippen LogP contribution in [-0.2, 0) is 9.53 Å². The number of ether oxygens (including phenoxy) is 1. The van der Waals surface area contributed by atoms with E-state index >= 15 is 0 Å².